The van der Waals surface area contributed by atoms with E-state index in [1.807, 2.05) is 19.1 Å². The van der Waals surface area contributed by atoms with Gasteiger partial charge in [0.15, 0.2) is 0 Å². The first kappa shape index (κ1) is 11.4. The van der Waals surface area contributed by atoms with E-state index in [1.165, 1.54) is 0 Å². The quantitative estimate of drug-likeness (QED) is 0.864. The maximum absolute atomic E-state index is 6.00. The second-order valence-electron chi connectivity index (χ2n) is 3.75. The molecule has 4 nitrogen and oxygen atoms in total. The van der Waals surface area contributed by atoms with Crippen LogP contribution in [0.1, 0.15) is 18.8 Å². The Morgan fingerprint density at radius 3 is 2.94 bits per heavy atom. The molecule has 0 aliphatic heterocycles. The van der Waals surface area contributed by atoms with Gasteiger partial charge in [-0.2, -0.15) is 0 Å². The van der Waals surface area contributed by atoms with E-state index in [4.69, 9.17) is 22.1 Å². The van der Waals surface area contributed by atoms with Crippen molar-refractivity contribution in [1.82, 2.24) is 9.97 Å². The lowest BCUT2D eigenvalue weighted by atomic mass is 10.2. The minimum absolute atomic E-state index is 0.0870. The van der Waals surface area contributed by atoms with Gasteiger partial charge < -0.3 is 15.5 Å². The second-order valence-corrected chi connectivity index (χ2v) is 4.19. The van der Waals surface area contributed by atoms with E-state index in [2.05, 4.69) is 9.97 Å². The van der Waals surface area contributed by atoms with Gasteiger partial charge in [0, 0.05) is 12.1 Å². The van der Waals surface area contributed by atoms with Gasteiger partial charge in [-0.1, -0.05) is 11.6 Å². The van der Waals surface area contributed by atoms with Crippen molar-refractivity contribution in [3.8, 4) is 0 Å². The van der Waals surface area contributed by atoms with Gasteiger partial charge in [-0.05, 0) is 25.1 Å². The third-order valence-electron chi connectivity index (χ3n) is 2.66. The third kappa shape index (κ3) is 2.04. The van der Waals surface area contributed by atoms with Crippen molar-refractivity contribution in [2.75, 3.05) is 7.11 Å². The molecule has 0 amide bonds. The van der Waals surface area contributed by atoms with E-state index in [0.717, 1.165) is 11.0 Å². The Balaban J connectivity index is 2.39. The number of methoxy groups -OCH3 is 1. The third-order valence-corrected chi connectivity index (χ3v) is 2.89. The average Bonchev–Trinajstić information content (AvgIpc) is 2.69. The van der Waals surface area contributed by atoms with E-state index in [9.17, 15) is 0 Å². The molecule has 0 fully saturated rings. The number of nitrogens with zero attached hydrogens (tertiary/aromatic N) is 1. The minimum atomic E-state index is -0.267. The van der Waals surface area contributed by atoms with Gasteiger partial charge in [0.2, 0.25) is 0 Å². The van der Waals surface area contributed by atoms with Gasteiger partial charge in [-0.3, -0.25) is 0 Å². The minimum Gasteiger partial charge on any atom is -0.380 e. The molecule has 3 N–H and O–H groups in total. The first-order chi connectivity index (χ1) is 7.61. The molecule has 1 heterocycles. The molecule has 0 radical (unpaired) electrons. The highest BCUT2D eigenvalue weighted by Crippen LogP contribution is 2.20. The Labute approximate surface area is 98.8 Å². The molecule has 86 valence electrons. The van der Waals surface area contributed by atoms with Crippen LogP contribution in [-0.2, 0) is 4.74 Å². The van der Waals surface area contributed by atoms with E-state index < -0.39 is 0 Å². The summed E-state index contributed by atoms with van der Waals surface area (Å²) in [7, 11) is 1.63. The molecular formula is C11H14ClN3O. The second kappa shape index (κ2) is 4.41. The van der Waals surface area contributed by atoms with E-state index in [1.54, 1.807) is 13.2 Å². The molecule has 2 atom stereocenters. The molecule has 2 rings (SSSR count). The Kier molecular flexibility index (Phi) is 3.14. The molecule has 2 aromatic rings. The Bertz CT molecular complexity index is 497. The number of aromatic nitrogens is 2. The van der Waals surface area contributed by atoms with Crippen molar-refractivity contribution in [2.24, 2.45) is 5.73 Å². The molecule has 5 heteroatoms. The van der Waals surface area contributed by atoms with Crippen LogP contribution in [0.25, 0.3) is 11.0 Å². The van der Waals surface area contributed by atoms with Crippen LogP contribution in [-0.4, -0.2) is 23.2 Å². The fourth-order valence-electron chi connectivity index (χ4n) is 1.53. The summed E-state index contributed by atoms with van der Waals surface area (Å²) in [4.78, 5) is 7.56. The maximum Gasteiger partial charge on any atom is 0.126 e. The van der Waals surface area contributed by atoms with Crippen LogP contribution in [0.2, 0.25) is 5.02 Å². The summed E-state index contributed by atoms with van der Waals surface area (Å²) in [5.41, 5.74) is 7.75. The number of imidazole rings is 1. The molecule has 0 unspecified atom stereocenters. The molecule has 1 aromatic carbocycles. The smallest absolute Gasteiger partial charge is 0.126 e. The van der Waals surface area contributed by atoms with Crippen molar-refractivity contribution in [3.05, 3.63) is 29.0 Å². The fourth-order valence-corrected chi connectivity index (χ4v) is 1.69. The molecule has 0 saturated heterocycles. The number of nitrogens with two attached hydrogens (primary N) is 1. The molecule has 0 bridgehead atoms. The number of aromatic amines is 1. The van der Waals surface area contributed by atoms with Crippen LogP contribution in [0.5, 0.6) is 0 Å². The predicted molar refractivity (Wildman–Crippen MR) is 64.5 cm³/mol. The number of rotatable bonds is 3. The zero-order valence-electron chi connectivity index (χ0n) is 9.20. The summed E-state index contributed by atoms with van der Waals surface area (Å²) < 4.78 is 5.18. The lowest BCUT2D eigenvalue weighted by Crippen LogP contribution is -2.26. The zero-order valence-corrected chi connectivity index (χ0v) is 9.95. The summed E-state index contributed by atoms with van der Waals surface area (Å²) in [6.07, 6.45) is -0.0870. The highest BCUT2D eigenvalue weighted by atomic mass is 35.5. The van der Waals surface area contributed by atoms with Gasteiger partial charge in [-0.15, -0.1) is 0 Å². The van der Waals surface area contributed by atoms with Crippen LogP contribution < -0.4 is 5.73 Å². The molecular weight excluding hydrogens is 226 g/mol. The van der Waals surface area contributed by atoms with Crippen molar-refractivity contribution in [2.45, 2.75) is 19.1 Å². The number of nitrogens with one attached hydrogen (secondary N) is 1. The molecule has 0 aliphatic carbocycles. The summed E-state index contributed by atoms with van der Waals surface area (Å²) in [6, 6.07) is 5.24. The van der Waals surface area contributed by atoms with E-state index in [-0.39, 0.29) is 12.1 Å². The monoisotopic (exact) mass is 239 g/mol. The normalized spacial score (nSPS) is 15.2. The maximum atomic E-state index is 6.00. The molecule has 0 spiro atoms. The van der Waals surface area contributed by atoms with Gasteiger partial charge in [0.25, 0.3) is 0 Å². The van der Waals surface area contributed by atoms with Gasteiger partial charge in [0.05, 0.1) is 23.2 Å². The van der Waals surface area contributed by atoms with Gasteiger partial charge >= 0.3 is 0 Å². The summed E-state index contributed by atoms with van der Waals surface area (Å²) in [5.74, 6) is 0.714. The van der Waals surface area contributed by atoms with Crippen molar-refractivity contribution in [3.63, 3.8) is 0 Å². The van der Waals surface area contributed by atoms with Crippen LogP contribution >= 0.6 is 11.6 Å². The van der Waals surface area contributed by atoms with Crippen LogP contribution in [0, 0.1) is 0 Å². The first-order valence-corrected chi connectivity index (χ1v) is 5.43. The molecule has 1 aromatic heterocycles. The zero-order chi connectivity index (χ0) is 11.7. The highest BCUT2D eigenvalue weighted by Gasteiger charge is 2.17. The number of fused-ring (bicyclic) bond motifs is 1. The van der Waals surface area contributed by atoms with Crippen molar-refractivity contribution >= 4 is 22.6 Å². The Morgan fingerprint density at radius 1 is 1.50 bits per heavy atom. The summed E-state index contributed by atoms with van der Waals surface area (Å²) in [5, 5.41) is 0.666. The summed E-state index contributed by atoms with van der Waals surface area (Å²) >= 11 is 5.89. The molecule has 0 aliphatic rings. The van der Waals surface area contributed by atoms with E-state index in [0.29, 0.717) is 10.8 Å². The number of hydrogen-bond acceptors (Lipinski definition) is 3. The fraction of sp³-hybridized carbons (Fsp3) is 0.364. The van der Waals surface area contributed by atoms with Crippen molar-refractivity contribution < 1.29 is 4.74 Å². The molecule has 0 saturated carbocycles. The number of ether oxygens (including phenoxy) is 1. The number of benzene rings is 1. The topological polar surface area (TPSA) is 63.9 Å². The lowest BCUT2D eigenvalue weighted by molar-refractivity contribution is 0.0935. The Hall–Kier alpha value is -1.10. The largest absolute Gasteiger partial charge is 0.380 e. The van der Waals surface area contributed by atoms with Crippen LogP contribution in [0.15, 0.2) is 18.2 Å². The van der Waals surface area contributed by atoms with E-state index >= 15 is 0 Å². The van der Waals surface area contributed by atoms with Crippen LogP contribution in [0.3, 0.4) is 0 Å². The average molecular weight is 240 g/mol. The Morgan fingerprint density at radius 2 is 2.25 bits per heavy atom. The number of halogens is 1. The molecule has 16 heavy (non-hydrogen) atoms. The van der Waals surface area contributed by atoms with Crippen molar-refractivity contribution in [1.29, 1.82) is 0 Å². The number of hydrogen-bond donors (Lipinski definition) is 2. The number of H-pyrrole nitrogens is 1. The lowest BCUT2D eigenvalue weighted by Gasteiger charge is -2.15. The SMILES string of the molecule is CO[C@H](C)[C@H](N)c1nc2cc(Cl)ccc2[nH]1. The van der Waals surface area contributed by atoms with Gasteiger partial charge in [0.1, 0.15) is 5.82 Å². The highest BCUT2D eigenvalue weighted by molar-refractivity contribution is 6.31. The van der Waals surface area contributed by atoms with Gasteiger partial charge in [-0.25, -0.2) is 4.98 Å². The standard InChI is InChI=1S/C11H14ClN3O/c1-6(16-2)10(13)11-14-8-4-3-7(12)5-9(8)15-11/h3-6,10H,13H2,1-2H3,(H,14,15)/t6-,10+/m1/s1. The predicted octanol–water partition coefficient (Wildman–Crippen LogP) is 2.25. The van der Waals surface area contributed by atoms with Crippen LogP contribution in [0.4, 0.5) is 0 Å². The first-order valence-electron chi connectivity index (χ1n) is 5.05. The summed E-state index contributed by atoms with van der Waals surface area (Å²) in [6.45, 7) is 1.91.